The van der Waals surface area contributed by atoms with Crippen LogP contribution in [0.2, 0.25) is 0 Å². The molecule has 9 aliphatic rings. The van der Waals surface area contributed by atoms with E-state index in [1.165, 1.54) is 6.42 Å². The molecule has 2 bridgehead atoms. The van der Waals surface area contributed by atoms with Crippen LogP contribution in [0.25, 0.3) is 11.6 Å². The fourth-order valence-corrected chi connectivity index (χ4v) is 13.0. The van der Waals surface area contributed by atoms with Gasteiger partial charge < -0.3 is 35.5 Å². The summed E-state index contributed by atoms with van der Waals surface area (Å²) < 4.78 is 13.1. The molecule has 8 heterocycles. The summed E-state index contributed by atoms with van der Waals surface area (Å²) in [6, 6.07) is 4.29. The highest BCUT2D eigenvalue weighted by molar-refractivity contribution is 8.00. The third-order valence-electron chi connectivity index (χ3n) is 14.6. The van der Waals surface area contributed by atoms with Crippen LogP contribution in [0.5, 0.6) is 5.75 Å². The summed E-state index contributed by atoms with van der Waals surface area (Å²) in [4.78, 5) is 53.2. The number of thioether (sulfide) groups is 1. The number of fused-ring (bicyclic) bond motifs is 7. The fraction of sp³-hybridized carbons (Fsp3) is 0.630. The van der Waals surface area contributed by atoms with Gasteiger partial charge in [-0.25, -0.2) is 4.79 Å². The van der Waals surface area contributed by atoms with Crippen LogP contribution in [0.1, 0.15) is 128 Å². The molecule has 8 aliphatic heterocycles. The molecule has 316 valence electrons. The lowest BCUT2D eigenvalue weighted by Gasteiger charge is -2.62. The number of carbonyl (C=O) groups is 4. The van der Waals surface area contributed by atoms with Gasteiger partial charge in [0.2, 0.25) is 17.3 Å². The molecule has 13 heteroatoms. The number of carbonyl (C=O) groups excluding carboxylic acids is 4. The number of nitrogens with one attached hydrogen (secondary N) is 3. The second kappa shape index (κ2) is 15.3. The van der Waals surface area contributed by atoms with Gasteiger partial charge in [-0.15, -0.1) is 0 Å². The zero-order valence-corrected chi connectivity index (χ0v) is 35.6. The van der Waals surface area contributed by atoms with Crippen LogP contribution < -0.4 is 20.7 Å². The number of urea groups is 1. The molecule has 4 amide bonds. The van der Waals surface area contributed by atoms with Gasteiger partial charge >= 0.3 is 12.0 Å². The van der Waals surface area contributed by atoms with Crippen molar-refractivity contribution in [1.29, 1.82) is 0 Å². The van der Waals surface area contributed by atoms with E-state index in [2.05, 4.69) is 54.9 Å². The molecule has 6 saturated heterocycles. The lowest BCUT2D eigenvalue weighted by atomic mass is 9.51. The van der Waals surface area contributed by atoms with Crippen LogP contribution in [0, 0.1) is 16.5 Å². The number of ether oxygens (including phenoxy) is 2. The fourth-order valence-electron chi connectivity index (χ4n) is 11.5. The van der Waals surface area contributed by atoms with E-state index in [1.807, 2.05) is 40.9 Å². The van der Waals surface area contributed by atoms with Crippen molar-refractivity contribution in [3.63, 3.8) is 0 Å². The third kappa shape index (κ3) is 6.77. The maximum Gasteiger partial charge on any atom is 0.315 e. The summed E-state index contributed by atoms with van der Waals surface area (Å²) in [6.07, 6.45) is 24.0. The highest BCUT2D eigenvalue weighted by atomic mass is 32.2. The van der Waals surface area contributed by atoms with E-state index in [9.17, 15) is 24.4 Å². The minimum Gasteiger partial charge on any atom is -0.618 e. The SMILES string of the molecule is CC1(C/C=C/CCCCCCCCOC(=O)CCCC[C@@H]2SC[C@@H]3NC(=O)N[C@@H]32)C=Cc2c(ccc3c2[N+]([O-])=C2C3=CC34NC(=O)C5(CCCN5C3=O)CC4C2(C)C)O1. The average Bonchev–Trinajstić information content (AvgIpc) is 3.97. The zero-order chi connectivity index (χ0) is 41.2. The molecule has 6 fully saturated rings. The zero-order valence-electron chi connectivity index (χ0n) is 34.7. The number of nitrogens with zero attached hydrogens (tertiary/aromatic N) is 2. The van der Waals surface area contributed by atoms with Crippen LogP contribution in [-0.2, 0) is 19.1 Å². The van der Waals surface area contributed by atoms with Crippen molar-refractivity contribution in [2.45, 2.75) is 151 Å². The summed E-state index contributed by atoms with van der Waals surface area (Å²) in [7, 11) is 0. The van der Waals surface area contributed by atoms with Crippen molar-refractivity contribution < 1.29 is 33.4 Å². The Morgan fingerprint density at radius 3 is 2.71 bits per heavy atom. The first-order valence-corrected chi connectivity index (χ1v) is 23.2. The minimum absolute atomic E-state index is 0.0372. The molecule has 2 spiro atoms. The Morgan fingerprint density at radius 2 is 1.86 bits per heavy atom. The molecule has 3 N–H and O–H groups in total. The first-order chi connectivity index (χ1) is 28.4. The maximum absolute atomic E-state index is 14.4. The van der Waals surface area contributed by atoms with Crippen LogP contribution in [0.3, 0.4) is 0 Å². The number of benzene rings is 1. The predicted octanol–water partition coefficient (Wildman–Crippen LogP) is 7.07. The molecule has 1 aromatic carbocycles. The van der Waals surface area contributed by atoms with E-state index in [-0.39, 0.29) is 41.8 Å². The Balaban J connectivity index is 0.699. The van der Waals surface area contributed by atoms with Gasteiger partial charge in [-0.1, -0.05) is 44.3 Å². The van der Waals surface area contributed by atoms with E-state index in [4.69, 9.17) is 9.47 Å². The highest BCUT2D eigenvalue weighted by Gasteiger charge is 2.74. The van der Waals surface area contributed by atoms with E-state index in [0.29, 0.717) is 61.2 Å². The van der Waals surface area contributed by atoms with Crippen LogP contribution >= 0.6 is 11.8 Å². The molecule has 4 unspecified atom stereocenters. The van der Waals surface area contributed by atoms with Crippen LogP contribution in [0.15, 0.2) is 36.4 Å². The van der Waals surface area contributed by atoms with Crippen molar-refractivity contribution in [2.75, 3.05) is 18.9 Å². The van der Waals surface area contributed by atoms with Gasteiger partial charge in [-0.3, -0.25) is 14.4 Å². The first-order valence-electron chi connectivity index (χ1n) is 22.1. The van der Waals surface area contributed by atoms with Gasteiger partial charge in [-0.2, -0.15) is 16.5 Å². The largest absolute Gasteiger partial charge is 0.618 e. The Bertz CT molecular complexity index is 2060. The lowest BCUT2D eigenvalue weighted by molar-refractivity contribution is -0.362. The van der Waals surface area contributed by atoms with Gasteiger partial charge in [0, 0.05) is 36.3 Å². The van der Waals surface area contributed by atoms with Crippen molar-refractivity contribution in [1.82, 2.24) is 20.9 Å². The molecule has 1 aliphatic carbocycles. The predicted molar refractivity (Wildman–Crippen MR) is 228 cm³/mol. The van der Waals surface area contributed by atoms with Gasteiger partial charge in [0.15, 0.2) is 0 Å². The number of esters is 1. The number of allylic oxidation sites excluding steroid dienone is 2. The Hall–Kier alpha value is -4.26. The maximum atomic E-state index is 14.4. The van der Waals surface area contributed by atoms with Crippen molar-refractivity contribution in [3.05, 3.63) is 52.8 Å². The van der Waals surface area contributed by atoms with Crippen LogP contribution in [-0.4, -0.2) is 92.1 Å². The second-order valence-corrected chi connectivity index (χ2v) is 20.2. The van der Waals surface area contributed by atoms with E-state index < -0.39 is 22.1 Å². The first kappa shape index (κ1) is 40.2. The topological polar surface area (TPSA) is 152 Å². The summed E-state index contributed by atoms with van der Waals surface area (Å²) in [5.41, 5.74) is 0.301. The monoisotopic (exact) mass is 825 g/mol. The van der Waals surface area contributed by atoms with Gasteiger partial charge in [0.05, 0.1) is 40.8 Å². The molecule has 0 aromatic heterocycles. The smallest absolute Gasteiger partial charge is 0.315 e. The Morgan fingerprint density at radius 1 is 1.05 bits per heavy atom. The molecule has 10 rings (SSSR count). The number of piperidine rings is 2. The van der Waals surface area contributed by atoms with Crippen molar-refractivity contribution in [2.24, 2.45) is 11.3 Å². The molecule has 59 heavy (non-hydrogen) atoms. The standard InChI is InChI=1S/C46H59N5O7S/c1-43(2)35-27-45-22-15-24-50(45)41(54)46(35,49-40(45)53)26-31-29-18-19-33-30(38(29)51(56)39(31)43)20-23-44(3,58-33)21-13-9-7-5-4-6-8-10-14-25-57-36(52)17-12-11-16-34-37-32(28-59-34)47-42(55)48-37/h9,13,18-20,23,26,32,34-35,37H,4-8,10-12,14-17,21-22,24-25,27-28H2,1-3H3,(H,49,53)(H2,47,48,55)/b13-9+/t32-,34-,35?,37-,44?,45?,46?/m0/s1. The number of unbranched alkanes of at least 4 members (excludes halogenated alkanes) is 7. The molecule has 12 nitrogen and oxygen atoms in total. The third-order valence-corrected chi connectivity index (χ3v) is 16.1. The van der Waals surface area contributed by atoms with Gasteiger partial charge in [0.25, 0.3) is 5.91 Å². The normalized spacial score (nSPS) is 32.8. The summed E-state index contributed by atoms with van der Waals surface area (Å²) >= 11 is 1.91. The Labute approximate surface area is 351 Å². The van der Waals surface area contributed by atoms with E-state index in [0.717, 1.165) is 91.4 Å². The van der Waals surface area contributed by atoms with Crippen LogP contribution in [0.4, 0.5) is 10.5 Å². The molecule has 7 atom stereocenters. The molecular weight excluding hydrogens is 767 g/mol. The summed E-state index contributed by atoms with van der Waals surface area (Å²) in [5.74, 6) is 1.21. The average molecular weight is 826 g/mol. The number of piperazine rings is 1. The highest BCUT2D eigenvalue weighted by Crippen LogP contribution is 2.61. The van der Waals surface area contributed by atoms with Gasteiger partial charge in [-0.05, 0) is 102 Å². The number of hydrogen-bond donors (Lipinski definition) is 3. The number of hydrogen-bond acceptors (Lipinski definition) is 8. The van der Waals surface area contributed by atoms with E-state index >= 15 is 0 Å². The van der Waals surface area contributed by atoms with Crippen molar-refractivity contribution in [3.8, 4) is 5.75 Å². The van der Waals surface area contributed by atoms with E-state index in [1.54, 1.807) is 0 Å². The Kier molecular flexibility index (Phi) is 10.4. The minimum atomic E-state index is -1.16. The quantitative estimate of drug-likeness (QED) is 0.0400. The lowest BCUT2D eigenvalue weighted by Crippen LogP contribution is -2.83. The van der Waals surface area contributed by atoms with Gasteiger partial charge in [0.1, 0.15) is 22.4 Å². The number of amides is 4. The summed E-state index contributed by atoms with van der Waals surface area (Å²) in [5, 5.41) is 24.0. The molecule has 1 aromatic rings. The number of rotatable bonds is 16. The molecular formula is C46H59N5O7S. The summed E-state index contributed by atoms with van der Waals surface area (Å²) in [6.45, 7) is 7.29. The second-order valence-electron chi connectivity index (χ2n) is 18.9. The molecule has 0 saturated carbocycles. The van der Waals surface area contributed by atoms with Crippen molar-refractivity contribution >= 4 is 58.6 Å². The molecule has 0 radical (unpaired) electrons.